The Bertz CT molecular complexity index is 1540. The highest BCUT2D eigenvalue weighted by Gasteiger charge is 2.49. The Morgan fingerprint density at radius 2 is 0.548 bits per heavy atom. The molecule has 2 aliphatic rings. The minimum atomic E-state index is -1.55. The summed E-state index contributed by atoms with van der Waals surface area (Å²) >= 11 is 0. The molecule has 2 aliphatic carbocycles. The highest BCUT2D eigenvalue weighted by molar-refractivity contribution is 5.89. The molecule has 16 heteroatoms. The SMILES string of the molecule is C=C(C)C(=O)OCC(COC(=O)C(=C)C)(COC(=O)C(=C)C)COC(=O)C1CCC(C(=O)OCC(COC(=O)C(=C)C)(COC(=O)C(=C)C)COC(=O)C(=C)C)C2CCCCC12. The topological polar surface area (TPSA) is 210 Å². The van der Waals surface area contributed by atoms with Crippen molar-refractivity contribution in [1.29, 1.82) is 0 Å². The van der Waals surface area contributed by atoms with Crippen LogP contribution in [0.5, 0.6) is 0 Å². The number of hydrogen-bond donors (Lipinski definition) is 0. The fraction of sp³-hybridized carbons (Fsp3) is 0.565. The average molecular weight is 871 g/mol. The molecule has 2 rings (SSSR count). The van der Waals surface area contributed by atoms with Crippen LogP contribution in [0.4, 0.5) is 0 Å². The van der Waals surface area contributed by atoms with Gasteiger partial charge in [-0.15, -0.1) is 0 Å². The molecule has 0 bridgehead atoms. The van der Waals surface area contributed by atoms with E-state index in [-0.39, 0.29) is 58.1 Å². The number of ether oxygens (including phenoxy) is 8. The highest BCUT2D eigenvalue weighted by Crippen LogP contribution is 2.48. The van der Waals surface area contributed by atoms with Gasteiger partial charge in [0.15, 0.2) is 0 Å². The molecule has 0 aliphatic heterocycles. The maximum absolute atomic E-state index is 14.1. The van der Waals surface area contributed by atoms with Crippen molar-refractivity contribution in [3.05, 3.63) is 72.9 Å². The molecule has 0 radical (unpaired) electrons. The average Bonchev–Trinajstić information content (AvgIpc) is 3.23. The summed E-state index contributed by atoms with van der Waals surface area (Å²) in [6, 6.07) is 0. The van der Waals surface area contributed by atoms with E-state index in [1.807, 2.05) is 0 Å². The number of fused-ring (bicyclic) bond motifs is 1. The molecule has 342 valence electrons. The lowest BCUT2D eigenvalue weighted by molar-refractivity contribution is -0.179. The van der Waals surface area contributed by atoms with Crippen LogP contribution in [0.15, 0.2) is 72.9 Å². The zero-order valence-electron chi connectivity index (χ0n) is 37.0. The lowest BCUT2D eigenvalue weighted by atomic mass is 9.61. The number of carbonyl (C=O) groups is 8. The molecule has 0 heterocycles. The van der Waals surface area contributed by atoms with Gasteiger partial charge in [-0.05, 0) is 79.1 Å². The van der Waals surface area contributed by atoms with E-state index in [2.05, 4.69) is 39.5 Å². The minimum Gasteiger partial charge on any atom is -0.464 e. The first-order chi connectivity index (χ1) is 28.9. The molecule has 0 N–H and O–H groups in total. The van der Waals surface area contributed by atoms with Crippen molar-refractivity contribution in [1.82, 2.24) is 0 Å². The molecule has 0 spiro atoms. The lowest BCUT2D eigenvalue weighted by Crippen LogP contribution is -2.48. The van der Waals surface area contributed by atoms with Crippen LogP contribution in [0.1, 0.15) is 80.1 Å². The first-order valence-electron chi connectivity index (χ1n) is 20.2. The molecule has 0 aromatic rings. The predicted molar refractivity (Wildman–Crippen MR) is 223 cm³/mol. The van der Waals surface area contributed by atoms with Gasteiger partial charge in [0.1, 0.15) is 63.7 Å². The highest BCUT2D eigenvalue weighted by atomic mass is 16.6. The first kappa shape index (κ1) is 52.3. The second-order valence-corrected chi connectivity index (χ2v) is 16.8. The smallest absolute Gasteiger partial charge is 0.333 e. The summed E-state index contributed by atoms with van der Waals surface area (Å²) < 4.78 is 44.4. The van der Waals surface area contributed by atoms with Crippen LogP contribution in [0.25, 0.3) is 0 Å². The van der Waals surface area contributed by atoms with E-state index in [4.69, 9.17) is 37.9 Å². The molecule has 2 saturated carbocycles. The molecule has 0 amide bonds. The van der Waals surface area contributed by atoms with Crippen LogP contribution < -0.4 is 0 Å². The summed E-state index contributed by atoms with van der Waals surface area (Å²) in [4.78, 5) is 103. The lowest BCUT2D eigenvalue weighted by Gasteiger charge is -2.44. The molecular weight excluding hydrogens is 808 g/mol. The zero-order valence-corrected chi connectivity index (χ0v) is 37.0. The van der Waals surface area contributed by atoms with E-state index in [1.165, 1.54) is 41.5 Å². The molecule has 2 fully saturated rings. The van der Waals surface area contributed by atoms with E-state index in [9.17, 15) is 38.4 Å². The summed E-state index contributed by atoms with van der Waals surface area (Å²) in [6.45, 7) is 26.1. The van der Waals surface area contributed by atoms with Crippen LogP contribution in [0.3, 0.4) is 0 Å². The fourth-order valence-electron chi connectivity index (χ4n) is 6.77. The Morgan fingerprint density at radius 3 is 0.742 bits per heavy atom. The summed E-state index contributed by atoms with van der Waals surface area (Å²) in [7, 11) is 0. The van der Waals surface area contributed by atoms with Crippen LogP contribution in [-0.4, -0.2) is 101 Å². The maximum Gasteiger partial charge on any atom is 0.333 e. The van der Waals surface area contributed by atoms with Gasteiger partial charge in [-0.25, -0.2) is 28.8 Å². The van der Waals surface area contributed by atoms with Crippen LogP contribution in [-0.2, 0) is 76.3 Å². The molecule has 4 unspecified atom stereocenters. The Morgan fingerprint density at radius 1 is 0.355 bits per heavy atom. The van der Waals surface area contributed by atoms with Gasteiger partial charge in [0.25, 0.3) is 0 Å². The van der Waals surface area contributed by atoms with E-state index in [0.29, 0.717) is 12.8 Å². The van der Waals surface area contributed by atoms with Gasteiger partial charge in [-0.1, -0.05) is 52.3 Å². The van der Waals surface area contributed by atoms with Crippen molar-refractivity contribution < 1.29 is 76.3 Å². The minimum absolute atomic E-state index is 0.0710. The monoisotopic (exact) mass is 870 g/mol. The van der Waals surface area contributed by atoms with Crippen LogP contribution >= 0.6 is 0 Å². The first-order valence-corrected chi connectivity index (χ1v) is 20.2. The van der Waals surface area contributed by atoms with Crippen molar-refractivity contribution in [2.45, 2.75) is 80.1 Å². The number of hydrogen-bond acceptors (Lipinski definition) is 16. The van der Waals surface area contributed by atoms with Gasteiger partial charge in [0, 0.05) is 33.4 Å². The van der Waals surface area contributed by atoms with Crippen LogP contribution in [0, 0.1) is 34.5 Å². The normalized spacial score (nSPS) is 18.2. The van der Waals surface area contributed by atoms with Gasteiger partial charge in [-0.2, -0.15) is 0 Å². The van der Waals surface area contributed by atoms with Crippen molar-refractivity contribution >= 4 is 47.8 Å². The third-order valence-electron chi connectivity index (χ3n) is 10.5. The fourth-order valence-corrected chi connectivity index (χ4v) is 6.77. The van der Waals surface area contributed by atoms with Crippen molar-refractivity contribution in [3.63, 3.8) is 0 Å². The largest absolute Gasteiger partial charge is 0.464 e. The third kappa shape index (κ3) is 15.9. The van der Waals surface area contributed by atoms with E-state index in [1.54, 1.807) is 0 Å². The van der Waals surface area contributed by atoms with Gasteiger partial charge in [0.05, 0.1) is 11.8 Å². The van der Waals surface area contributed by atoms with Gasteiger partial charge in [0.2, 0.25) is 0 Å². The summed E-state index contributed by atoms with van der Waals surface area (Å²) in [5, 5.41) is 0. The molecule has 62 heavy (non-hydrogen) atoms. The van der Waals surface area contributed by atoms with E-state index >= 15 is 0 Å². The number of rotatable bonds is 24. The van der Waals surface area contributed by atoms with Gasteiger partial charge >= 0.3 is 47.8 Å². The van der Waals surface area contributed by atoms with E-state index in [0.717, 1.165) is 12.8 Å². The van der Waals surface area contributed by atoms with Gasteiger partial charge < -0.3 is 37.9 Å². The Kier molecular flexibility index (Phi) is 20.3. The zero-order chi connectivity index (χ0) is 46.9. The van der Waals surface area contributed by atoms with Crippen LogP contribution in [0.2, 0.25) is 0 Å². The Labute approximate surface area is 363 Å². The molecule has 0 aromatic heterocycles. The molecular formula is C46H62O16. The Hall–Kier alpha value is -5.80. The van der Waals surface area contributed by atoms with Crippen molar-refractivity contribution in [3.8, 4) is 0 Å². The molecule has 0 aromatic carbocycles. The van der Waals surface area contributed by atoms with E-state index < -0.39 is 123 Å². The second-order valence-electron chi connectivity index (χ2n) is 16.8. The summed E-state index contributed by atoms with van der Waals surface area (Å²) in [5.74, 6) is -7.85. The standard InChI is InChI=1S/C46H62O16/c1-27(2)37(47)55-19-45(20-56-38(48)28(3)4,21-57-39(49)29(5)6)25-61-43(53)35-17-18-36(34-16-14-13-15-33(34)35)44(54)62-26-46(22-58-40(50)30(7)8,23-59-41(51)31(9)10)24-60-42(52)32(11)12/h33-36H,1,3,5,7,9,11,13-26H2,2,4,6,8,10,12H3. The second kappa shape index (κ2) is 24.0. The quantitative estimate of drug-likeness (QED) is 0.0657. The maximum atomic E-state index is 14.1. The van der Waals surface area contributed by atoms with Crippen molar-refractivity contribution in [2.75, 3.05) is 52.9 Å². The summed E-state index contributed by atoms with van der Waals surface area (Å²) in [5.41, 5.74) is -2.67. The molecule has 0 saturated heterocycles. The van der Waals surface area contributed by atoms with Gasteiger partial charge in [-0.3, -0.25) is 9.59 Å². The number of carbonyl (C=O) groups excluding carboxylic acids is 8. The Balaban J connectivity index is 2.39. The number of esters is 8. The third-order valence-corrected chi connectivity index (χ3v) is 10.5. The molecule has 16 nitrogen and oxygen atoms in total. The molecule has 4 atom stereocenters. The summed E-state index contributed by atoms with van der Waals surface area (Å²) in [6.07, 6.45) is 3.19. The predicted octanol–water partition coefficient (Wildman–Crippen LogP) is 5.59. The van der Waals surface area contributed by atoms with Crippen molar-refractivity contribution in [2.24, 2.45) is 34.5 Å².